The molecule has 0 aliphatic carbocycles. The van der Waals surface area contributed by atoms with Crippen molar-refractivity contribution in [2.75, 3.05) is 5.73 Å². The summed E-state index contributed by atoms with van der Waals surface area (Å²) in [5, 5.41) is 0. The predicted octanol–water partition coefficient (Wildman–Crippen LogP) is 3.44. The van der Waals surface area contributed by atoms with Gasteiger partial charge in [-0.3, -0.25) is 0 Å². The van der Waals surface area contributed by atoms with E-state index in [2.05, 4.69) is 39.2 Å². The molecule has 1 aliphatic heterocycles. The predicted molar refractivity (Wildman–Crippen MR) is 76.5 cm³/mol. The summed E-state index contributed by atoms with van der Waals surface area (Å²) in [6.45, 7) is 12.4. The van der Waals surface area contributed by atoms with Crippen LogP contribution in [0.2, 0.25) is 0 Å². The molecule has 1 aromatic rings. The quantitative estimate of drug-likeness (QED) is 0.891. The van der Waals surface area contributed by atoms with Gasteiger partial charge in [-0.25, -0.2) is 4.98 Å². The van der Waals surface area contributed by atoms with Crippen LogP contribution in [0.15, 0.2) is 0 Å². The molecular formula is C15H27N3. The molecule has 0 amide bonds. The third-order valence-corrected chi connectivity index (χ3v) is 4.24. The van der Waals surface area contributed by atoms with Crippen LogP contribution >= 0.6 is 0 Å². The second-order valence-electron chi connectivity index (χ2n) is 6.56. The lowest BCUT2D eigenvalue weighted by Gasteiger charge is -2.24. The normalized spacial score (nSPS) is 19.9. The van der Waals surface area contributed by atoms with Crippen molar-refractivity contribution in [3.8, 4) is 0 Å². The van der Waals surface area contributed by atoms with Gasteiger partial charge in [0.15, 0.2) is 0 Å². The Labute approximate surface area is 111 Å². The van der Waals surface area contributed by atoms with Crippen LogP contribution in [0, 0.1) is 17.8 Å². The van der Waals surface area contributed by atoms with Crippen LogP contribution in [0.4, 0.5) is 5.82 Å². The minimum atomic E-state index is 0.471. The number of aromatic nitrogens is 2. The number of hydrogen-bond acceptors (Lipinski definition) is 2. The lowest BCUT2D eigenvalue weighted by molar-refractivity contribution is 0.381. The molecular weight excluding hydrogens is 222 g/mol. The number of nitrogens with zero attached hydrogens (tertiary/aromatic N) is 2. The highest BCUT2D eigenvalue weighted by atomic mass is 15.2. The second-order valence-corrected chi connectivity index (χ2v) is 6.56. The molecule has 2 rings (SSSR count). The van der Waals surface area contributed by atoms with Gasteiger partial charge in [0.2, 0.25) is 0 Å². The zero-order chi connectivity index (χ0) is 13.4. The molecule has 0 saturated heterocycles. The topological polar surface area (TPSA) is 43.8 Å². The monoisotopic (exact) mass is 249 g/mol. The van der Waals surface area contributed by atoms with Crippen molar-refractivity contribution in [1.82, 2.24) is 9.55 Å². The van der Waals surface area contributed by atoms with Gasteiger partial charge in [-0.15, -0.1) is 0 Å². The molecule has 2 heterocycles. The van der Waals surface area contributed by atoms with Gasteiger partial charge >= 0.3 is 0 Å². The van der Waals surface area contributed by atoms with E-state index >= 15 is 0 Å². The summed E-state index contributed by atoms with van der Waals surface area (Å²) in [5.41, 5.74) is 7.49. The SMILES string of the molecule is CC1CCn2c(nc(C(C(C)C)C(C)C)c2N)C1. The molecule has 1 aliphatic rings. The fourth-order valence-corrected chi connectivity index (χ4v) is 3.35. The first-order chi connectivity index (χ1) is 8.41. The standard InChI is InChI=1S/C15H27N3/c1-9(2)13(10(3)4)14-15(16)18-7-6-11(5)8-12(18)17-14/h9-11,13H,6-8,16H2,1-5H3. The van der Waals surface area contributed by atoms with E-state index in [0.717, 1.165) is 30.4 Å². The first-order valence-corrected chi connectivity index (χ1v) is 7.26. The summed E-state index contributed by atoms with van der Waals surface area (Å²) >= 11 is 0. The van der Waals surface area contributed by atoms with E-state index in [-0.39, 0.29) is 0 Å². The maximum Gasteiger partial charge on any atom is 0.127 e. The summed E-state index contributed by atoms with van der Waals surface area (Å²) in [7, 11) is 0. The summed E-state index contributed by atoms with van der Waals surface area (Å²) in [6.07, 6.45) is 2.30. The zero-order valence-corrected chi connectivity index (χ0v) is 12.4. The summed E-state index contributed by atoms with van der Waals surface area (Å²) in [5.74, 6) is 4.50. The number of imidazole rings is 1. The molecule has 0 fully saturated rings. The van der Waals surface area contributed by atoms with Crippen LogP contribution < -0.4 is 5.73 Å². The van der Waals surface area contributed by atoms with Crippen LogP contribution in [0.3, 0.4) is 0 Å². The smallest absolute Gasteiger partial charge is 0.127 e. The van der Waals surface area contributed by atoms with Crippen molar-refractivity contribution in [2.24, 2.45) is 17.8 Å². The average molecular weight is 249 g/mol. The summed E-state index contributed by atoms with van der Waals surface area (Å²) in [4.78, 5) is 4.88. The van der Waals surface area contributed by atoms with E-state index in [1.807, 2.05) is 0 Å². The van der Waals surface area contributed by atoms with Crippen molar-refractivity contribution in [1.29, 1.82) is 0 Å². The van der Waals surface area contributed by atoms with Crippen molar-refractivity contribution < 1.29 is 0 Å². The molecule has 102 valence electrons. The molecule has 0 aromatic carbocycles. The fraction of sp³-hybridized carbons (Fsp3) is 0.800. The number of nitrogen functional groups attached to an aromatic ring is 1. The van der Waals surface area contributed by atoms with Crippen molar-refractivity contribution in [2.45, 2.75) is 59.9 Å². The van der Waals surface area contributed by atoms with E-state index < -0.39 is 0 Å². The Morgan fingerprint density at radius 1 is 1.22 bits per heavy atom. The van der Waals surface area contributed by atoms with Crippen LogP contribution in [0.5, 0.6) is 0 Å². The lowest BCUT2D eigenvalue weighted by atomic mass is 9.83. The van der Waals surface area contributed by atoms with Crippen LogP contribution in [0.25, 0.3) is 0 Å². The Kier molecular flexibility index (Phi) is 3.69. The van der Waals surface area contributed by atoms with E-state index in [4.69, 9.17) is 10.7 Å². The van der Waals surface area contributed by atoms with Gasteiger partial charge in [0.25, 0.3) is 0 Å². The molecule has 0 radical (unpaired) electrons. The molecule has 3 heteroatoms. The molecule has 0 spiro atoms. The maximum atomic E-state index is 6.35. The van der Waals surface area contributed by atoms with Crippen molar-refractivity contribution in [3.05, 3.63) is 11.5 Å². The molecule has 3 nitrogen and oxygen atoms in total. The Bertz CT molecular complexity index is 410. The van der Waals surface area contributed by atoms with Gasteiger partial charge in [-0.2, -0.15) is 0 Å². The van der Waals surface area contributed by atoms with Gasteiger partial charge in [0.1, 0.15) is 11.6 Å². The molecule has 2 N–H and O–H groups in total. The van der Waals surface area contributed by atoms with Gasteiger partial charge < -0.3 is 10.3 Å². The van der Waals surface area contributed by atoms with Crippen molar-refractivity contribution in [3.63, 3.8) is 0 Å². The van der Waals surface area contributed by atoms with E-state index in [0.29, 0.717) is 17.8 Å². The number of fused-ring (bicyclic) bond motifs is 1. The highest BCUT2D eigenvalue weighted by Gasteiger charge is 2.29. The van der Waals surface area contributed by atoms with Gasteiger partial charge in [0, 0.05) is 18.9 Å². The Morgan fingerprint density at radius 2 is 1.83 bits per heavy atom. The zero-order valence-electron chi connectivity index (χ0n) is 12.4. The maximum absolute atomic E-state index is 6.35. The number of rotatable bonds is 3. The largest absolute Gasteiger partial charge is 0.384 e. The summed E-state index contributed by atoms with van der Waals surface area (Å²) in [6, 6.07) is 0. The lowest BCUT2D eigenvalue weighted by Crippen LogP contribution is -2.18. The third kappa shape index (κ3) is 2.27. The molecule has 1 unspecified atom stereocenters. The fourth-order valence-electron chi connectivity index (χ4n) is 3.35. The first kappa shape index (κ1) is 13.4. The minimum absolute atomic E-state index is 0.471. The van der Waals surface area contributed by atoms with Gasteiger partial charge in [0.05, 0.1) is 5.69 Å². The van der Waals surface area contributed by atoms with Crippen LogP contribution in [0.1, 0.15) is 58.5 Å². The van der Waals surface area contributed by atoms with Gasteiger partial charge in [-0.1, -0.05) is 34.6 Å². The number of anilines is 1. The third-order valence-electron chi connectivity index (χ3n) is 4.24. The first-order valence-electron chi connectivity index (χ1n) is 7.26. The average Bonchev–Trinajstić information content (AvgIpc) is 2.55. The van der Waals surface area contributed by atoms with Crippen molar-refractivity contribution >= 4 is 5.82 Å². The molecule has 1 aromatic heterocycles. The van der Waals surface area contributed by atoms with Crippen LogP contribution in [-0.4, -0.2) is 9.55 Å². The molecule has 1 atom stereocenters. The van der Waals surface area contributed by atoms with Gasteiger partial charge in [-0.05, 0) is 24.2 Å². The van der Waals surface area contributed by atoms with E-state index in [9.17, 15) is 0 Å². The Hall–Kier alpha value is -0.990. The Morgan fingerprint density at radius 3 is 2.39 bits per heavy atom. The number of hydrogen-bond donors (Lipinski definition) is 1. The highest BCUT2D eigenvalue weighted by Crippen LogP contribution is 2.36. The minimum Gasteiger partial charge on any atom is -0.384 e. The number of nitrogens with two attached hydrogens (primary N) is 1. The Balaban J connectivity index is 2.40. The van der Waals surface area contributed by atoms with Crippen LogP contribution in [-0.2, 0) is 13.0 Å². The molecule has 18 heavy (non-hydrogen) atoms. The molecule has 0 saturated carbocycles. The van der Waals surface area contributed by atoms with E-state index in [1.165, 1.54) is 12.2 Å². The summed E-state index contributed by atoms with van der Waals surface area (Å²) < 4.78 is 2.24. The second kappa shape index (κ2) is 4.94. The molecule has 0 bridgehead atoms. The van der Waals surface area contributed by atoms with E-state index in [1.54, 1.807) is 0 Å². The highest BCUT2D eigenvalue weighted by molar-refractivity contribution is 5.41.